The number of hydrogen-bond donors (Lipinski definition) is 2. The van der Waals surface area contributed by atoms with E-state index in [9.17, 15) is 14.0 Å². The van der Waals surface area contributed by atoms with Crippen molar-refractivity contribution in [2.45, 2.75) is 31.8 Å². The largest absolute Gasteiger partial charge is 0.366 e. The van der Waals surface area contributed by atoms with Gasteiger partial charge < -0.3 is 15.5 Å². The molecule has 1 aromatic carbocycles. The van der Waals surface area contributed by atoms with Crippen molar-refractivity contribution in [3.8, 4) is 0 Å². The maximum atomic E-state index is 14.5. The summed E-state index contributed by atoms with van der Waals surface area (Å²) in [5.41, 5.74) is 1.51. The van der Waals surface area contributed by atoms with Crippen LogP contribution in [0.1, 0.15) is 30.1 Å². The van der Waals surface area contributed by atoms with Gasteiger partial charge in [0.15, 0.2) is 0 Å². The number of aromatic nitrogens is 1. The molecular formula is C18H19FN4O2. The van der Waals surface area contributed by atoms with Crippen LogP contribution in [0, 0.1) is 5.82 Å². The van der Waals surface area contributed by atoms with E-state index in [2.05, 4.69) is 22.5 Å². The van der Waals surface area contributed by atoms with Crippen LogP contribution in [0.4, 0.5) is 10.1 Å². The molecule has 2 unspecified atom stereocenters. The molecule has 3 heterocycles. The number of hydrogen-bond acceptors (Lipinski definition) is 4. The van der Waals surface area contributed by atoms with Crippen LogP contribution < -0.4 is 15.5 Å². The van der Waals surface area contributed by atoms with Gasteiger partial charge in [0.25, 0.3) is 5.91 Å². The van der Waals surface area contributed by atoms with Crippen molar-refractivity contribution in [2.75, 3.05) is 18.0 Å². The predicted molar refractivity (Wildman–Crippen MR) is 92.0 cm³/mol. The maximum Gasteiger partial charge on any atom is 0.253 e. The monoisotopic (exact) mass is 342 g/mol. The second-order valence-corrected chi connectivity index (χ2v) is 6.66. The highest BCUT2D eigenvalue weighted by Gasteiger charge is 2.27. The lowest BCUT2D eigenvalue weighted by Gasteiger charge is -2.40. The van der Waals surface area contributed by atoms with Crippen molar-refractivity contribution < 1.29 is 14.0 Å². The van der Waals surface area contributed by atoms with Gasteiger partial charge in [0.05, 0.1) is 16.8 Å². The Morgan fingerprint density at radius 1 is 1.36 bits per heavy atom. The number of fused-ring (bicyclic) bond motifs is 1. The Kier molecular flexibility index (Phi) is 3.78. The number of rotatable bonds is 3. The van der Waals surface area contributed by atoms with Crippen LogP contribution in [0.25, 0.3) is 10.9 Å². The molecule has 130 valence electrons. The molecule has 2 saturated heterocycles. The second-order valence-electron chi connectivity index (χ2n) is 6.66. The van der Waals surface area contributed by atoms with E-state index >= 15 is 0 Å². The van der Waals surface area contributed by atoms with Crippen LogP contribution in [0.2, 0.25) is 0 Å². The van der Waals surface area contributed by atoms with Gasteiger partial charge in [-0.15, -0.1) is 0 Å². The molecular weight excluding hydrogens is 323 g/mol. The van der Waals surface area contributed by atoms with Crippen molar-refractivity contribution in [1.29, 1.82) is 0 Å². The molecule has 2 aromatic rings. The second kappa shape index (κ2) is 5.98. The number of carbonyl (C=O) groups is 2. The minimum Gasteiger partial charge on any atom is -0.366 e. The lowest BCUT2D eigenvalue weighted by Crippen LogP contribution is -2.46. The van der Waals surface area contributed by atoms with Crippen molar-refractivity contribution in [3.05, 3.63) is 35.8 Å². The summed E-state index contributed by atoms with van der Waals surface area (Å²) in [7, 11) is 0. The number of pyridine rings is 1. The summed E-state index contributed by atoms with van der Waals surface area (Å²) in [5.74, 6) is -0.868. The lowest BCUT2D eigenvalue weighted by atomic mass is 10.0. The molecule has 2 fully saturated rings. The van der Waals surface area contributed by atoms with E-state index in [1.807, 2.05) is 4.90 Å². The third-order valence-corrected chi connectivity index (χ3v) is 5.00. The van der Waals surface area contributed by atoms with Gasteiger partial charge in [-0.2, -0.15) is 0 Å². The van der Waals surface area contributed by atoms with Gasteiger partial charge in [0.2, 0.25) is 5.91 Å². The van der Waals surface area contributed by atoms with E-state index in [-0.39, 0.29) is 17.6 Å². The number of benzene rings is 1. The molecule has 2 N–H and O–H groups in total. The molecule has 0 aliphatic carbocycles. The highest BCUT2D eigenvalue weighted by Crippen LogP contribution is 2.31. The number of halogens is 1. The number of carbonyl (C=O) groups excluding carboxylic acids is 2. The Morgan fingerprint density at radius 2 is 2.20 bits per heavy atom. The Hall–Kier alpha value is -2.70. The fourth-order valence-corrected chi connectivity index (χ4v) is 3.33. The van der Waals surface area contributed by atoms with E-state index in [4.69, 9.17) is 0 Å². The molecule has 2 amide bonds. The molecule has 6 nitrogen and oxygen atoms in total. The third kappa shape index (κ3) is 2.79. The first-order valence-corrected chi connectivity index (χ1v) is 8.47. The molecule has 0 radical (unpaired) electrons. The molecule has 2 aliphatic rings. The quantitative estimate of drug-likeness (QED) is 0.888. The van der Waals surface area contributed by atoms with Crippen molar-refractivity contribution >= 4 is 28.4 Å². The first-order chi connectivity index (χ1) is 12.0. The summed E-state index contributed by atoms with van der Waals surface area (Å²) in [4.78, 5) is 30.2. The smallest absolute Gasteiger partial charge is 0.253 e. The lowest BCUT2D eigenvalue weighted by molar-refractivity contribution is -0.120. The zero-order valence-corrected chi connectivity index (χ0v) is 13.9. The van der Waals surface area contributed by atoms with Crippen LogP contribution in [0.5, 0.6) is 0 Å². The summed E-state index contributed by atoms with van der Waals surface area (Å²) in [6, 6.07) is 4.57. The molecule has 0 spiro atoms. The first kappa shape index (κ1) is 15.8. The first-order valence-electron chi connectivity index (χ1n) is 8.47. The maximum absolute atomic E-state index is 14.5. The molecule has 4 rings (SSSR count). The Bertz CT molecular complexity index is 870. The Morgan fingerprint density at radius 3 is 2.84 bits per heavy atom. The number of nitrogens with one attached hydrogen (secondary N) is 2. The Labute approximate surface area is 144 Å². The van der Waals surface area contributed by atoms with Crippen molar-refractivity contribution in [1.82, 2.24) is 15.6 Å². The predicted octanol–water partition coefficient (Wildman–Crippen LogP) is 1.59. The molecule has 0 bridgehead atoms. The molecule has 7 heteroatoms. The van der Waals surface area contributed by atoms with Gasteiger partial charge in [-0.05, 0) is 38.0 Å². The SMILES string of the molecule is CC1CCN1c1cc2ncc(C(=O)NC3CCNC3=O)cc2cc1F. The van der Waals surface area contributed by atoms with Gasteiger partial charge in [-0.25, -0.2) is 4.39 Å². The minimum atomic E-state index is -0.518. The van der Waals surface area contributed by atoms with Crippen molar-refractivity contribution in [3.63, 3.8) is 0 Å². The third-order valence-electron chi connectivity index (χ3n) is 5.00. The number of anilines is 1. The van der Waals surface area contributed by atoms with Gasteiger partial charge in [0.1, 0.15) is 11.9 Å². The van der Waals surface area contributed by atoms with Gasteiger partial charge in [0, 0.05) is 30.7 Å². The standard InChI is InChI=1S/C18H19FN4O2/c1-10-3-5-23(10)16-8-15-11(7-13(16)19)6-12(9-21-15)17(24)22-14-2-4-20-18(14)25/h6-10,14H,2-5H2,1H3,(H,20,25)(H,22,24). The summed E-state index contributed by atoms with van der Waals surface area (Å²) >= 11 is 0. The zero-order chi connectivity index (χ0) is 17.6. The van der Waals surface area contributed by atoms with Crippen LogP contribution >= 0.6 is 0 Å². The summed E-state index contributed by atoms with van der Waals surface area (Å²) < 4.78 is 14.5. The summed E-state index contributed by atoms with van der Waals surface area (Å²) in [5, 5.41) is 5.92. The van der Waals surface area contributed by atoms with Crippen LogP contribution in [-0.2, 0) is 4.79 Å². The van der Waals surface area contributed by atoms with Crippen LogP contribution in [0.15, 0.2) is 24.4 Å². The van der Waals surface area contributed by atoms with Gasteiger partial charge >= 0.3 is 0 Å². The topological polar surface area (TPSA) is 74.3 Å². The molecule has 2 atom stereocenters. The Balaban J connectivity index is 1.60. The van der Waals surface area contributed by atoms with Crippen LogP contribution in [0.3, 0.4) is 0 Å². The van der Waals surface area contributed by atoms with E-state index < -0.39 is 6.04 Å². The molecule has 0 saturated carbocycles. The van der Waals surface area contributed by atoms with Crippen molar-refractivity contribution in [2.24, 2.45) is 0 Å². The molecule has 1 aromatic heterocycles. The van der Waals surface area contributed by atoms with Crippen LogP contribution in [-0.4, -0.2) is 42.0 Å². The zero-order valence-electron chi connectivity index (χ0n) is 13.9. The average Bonchev–Trinajstić information content (AvgIpc) is 2.98. The van der Waals surface area contributed by atoms with E-state index in [1.54, 1.807) is 12.1 Å². The van der Waals surface area contributed by atoms with E-state index in [0.717, 1.165) is 13.0 Å². The number of nitrogens with zero attached hydrogens (tertiary/aromatic N) is 2. The minimum absolute atomic E-state index is 0.179. The number of amides is 2. The van der Waals surface area contributed by atoms with E-state index in [1.165, 1.54) is 12.3 Å². The van der Waals surface area contributed by atoms with Gasteiger partial charge in [-0.3, -0.25) is 14.6 Å². The summed E-state index contributed by atoms with van der Waals surface area (Å²) in [6.45, 7) is 3.46. The average molecular weight is 342 g/mol. The highest BCUT2D eigenvalue weighted by atomic mass is 19.1. The normalized spacial score (nSPS) is 22.6. The molecule has 2 aliphatic heterocycles. The fourth-order valence-electron chi connectivity index (χ4n) is 3.33. The van der Waals surface area contributed by atoms with Gasteiger partial charge in [-0.1, -0.05) is 0 Å². The summed E-state index contributed by atoms with van der Waals surface area (Å²) in [6.07, 6.45) is 3.09. The highest BCUT2D eigenvalue weighted by molar-refractivity contribution is 6.00. The van der Waals surface area contributed by atoms with E-state index in [0.29, 0.717) is 41.2 Å². The molecule has 25 heavy (non-hydrogen) atoms. The fraction of sp³-hybridized carbons (Fsp3) is 0.389.